The van der Waals surface area contributed by atoms with Crippen LogP contribution in [0.4, 0.5) is 17.1 Å². The number of hydrogen-bond acceptors (Lipinski definition) is 1. The summed E-state index contributed by atoms with van der Waals surface area (Å²) in [7, 11) is 0. The highest BCUT2D eigenvalue weighted by molar-refractivity contribution is 6.09. The van der Waals surface area contributed by atoms with Crippen molar-refractivity contribution in [3.63, 3.8) is 0 Å². The molecule has 9 aromatic carbocycles. The Labute approximate surface area is 299 Å². The smallest absolute Gasteiger partial charge is 0.0468 e. The highest BCUT2D eigenvalue weighted by atomic mass is 15.1. The van der Waals surface area contributed by atoms with Crippen LogP contribution in [-0.4, -0.2) is 0 Å². The molecule has 0 aromatic heterocycles. The summed E-state index contributed by atoms with van der Waals surface area (Å²) >= 11 is 0. The molecule has 0 N–H and O–H groups in total. The first kappa shape index (κ1) is 30.4. The van der Waals surface area contributed by atoms with Crippen molar-refractivity contribution in [3.8, 4) is 44.5 Å². The number of rotatable bonds is 7. The van der Waals surface area contributed by atoms with Gasteiger partial charge in [0.15, 0.2) is 0 Å². The Bertz CT molecular complexity index is 2610. The fraction of sp³-hybridized carbons (Fsp3) is 0. The predicted molar refractivity (Wildman–Crippen MR) is 218 cm³/mol. The van der Waals surface area contributed by atoms with E-state index in [0.717, 1.165) is 17.1 Å². The maximum absolute atomic E-state index is 2.41. The maximum Gasteiger partial charge on any atom is 0.0468 e. The SMILES string of the molecule is c1ccc(-c2ccc(-c3cccc(N(c4ccc(-c5ccccc5)c(-c5ccccc5)c4)c4ccc5ccc6ccccc6c5c4)c3)cc2)cc1. The molecule has 0 aliphatic heterocycles. The third-order valence-corrected chi connectivity index (χ3v) is 9.85. The van der Waals surface area contributed by atoms with Gasteiger partial charge in [-0.1, -0.05) is 176 Å². The molecule has 0 heterocycles. The Balaban J connectivity index is 1.23. The van der Waals surface area contributed by atoms with Gasteiger partial charge in [0.2, 0.25) is 0 Å². The average Bonchev–Trinajstić information content (AvgIpc) is 3.22. The fourth-order valence-corrected chi connectivity index (χ4v) is 7.28. The molecule has 240 valence electrons. The first-order valence-corrected chi connectivity index (χ1v) is 17.5. The van der Waals surface area contributed by atoms with Crippen LogP contribution in [0.1, 0.15) is 0 Å². The van der Waals surface area contributed by atoms with E-state index in [2.05, 4.69) is 217 Å². The highest BCUT2D eigenvalue weighted by Gasteiger charge is 2.18. The van der Waals surface area contributed by atoms with Gasteiger partial charge in [0, 0.05) is 17.1 Å². The van der Waals surface area contributed by atoms with Gasteiger partial charge in [-0.05, 0) is 102 Å². The van der Waals surface area contributed by atoms with E-state index in [1.165, 1.54) is 66.1 Å². The summed E-state index contributed by atoms with van der Waals surface area (Å²) < 4.78 is 0. The Hall–Kier alpha value is -6.70. The van der Waals surface area contributed by atoms with Crippen molar-refractivity contribution in [2.75, 3.05) is 4.90 Å². The minimum absolute atomic E-state index is 1.10. The summed E-state index contributed by atoms with van der Waals surface area (Å²) in [6, 6.07) is 76.7. The summed E-state index contributed by atoms with van der Waals surface area (Å²) in [5.74, 6) is 0. The minimum Gasteiger partial charge on any atom is -0.310 e. The summed E-state index contributed by atoms with van der Waals surface area (Å²) in [4.78, 5) is 2.41. The molecule has 0 saturated heterocycles. The van der Waals surface area contributed by atoms with E-state index in [9.17, 15) is 0 Å². The lowest BCUT2D eigenvalue weighted by Gasteiger charge is -2.28. The van der Waals surface area contributed by atoms with Crippen LogP contribution in [0.3, 0.4) is 0 Å². The number of nitrogens with zero attached hydrogens (tertiary/aromatic N) is 1. The zero-order valence-corrected chi connectivity index (χ0v) is 28.2. The quantitative estimate of drug-likeness (QED) is 0.155. The van der Waals surface area contributed by atoms with Crippen LogP contribution in [-0.2, 0) is 0 Å². The normalized spacial score (nSPS) is 11.1. The number of benzene rings is 9. The monoisotopic (exact) mass is 649 g/mol. The van der Waals surface area contributed by atoms with Crippen molar-refractivity contribution in [3.05, 3.63) is 212 Å². The molecular formula is C50H35N. The second-order valence-corrected chi connectivity index (χ2v) is 13.0. The van der Waals surface area contributed by atoms with E-state index in [4.69, 9.17) is 0 Å². The van der Waals surface area contributed by atoms with E-state index in [-0.39, 0.29) is 0 Å². The third-order valence-electron chi connectivity index (χ3n) is 9.85. The van der Waals surface area contributed by atoms with E-state index in [1.54, 1.807) is 0 Å². The molecule has 0 bridgehead atoms. The van der Waals surface area contributed by atoms with Crippen LogP contribution >= 0.6 is 0 Å². The van der Waals surface area contributed by atoms with Gasteiger partial charge in [0.1, 0.15) is 0 Å². The Morgan fingerprint density at radius 3 is 1.41 bits per heavy atom. The summed E-state index contributed by atoms with van der Waals surface area (Å²) in [5.41, 5.74) is 12.9. The minimum atomic E-state index is 1.10. The maximum atomic E-state index is 2.41. The lowest BCUT2D eigenvalue weighted by molar-refractivity contribution is 1.29. The van der Waals surface area contributed by atoms with Crippen LogP contribution in [0, 0.1) is 0 Å². The molecule has 0 amide bonds. The number of anilines is 3. The lowest BCUT2D eigenvalue weighted by Crippen LogP contribution is -2.10. The molecule has 0 unspecified atom stereocenters. The fourth-order valence-electron chi connectivity index (χ4n) is 7.28. The van der Waals surface area contributed by atoms with Gasteiger partial charge in [-0.15, -0.1) is 0 Å². The topological polar surface area (TPSA) is 3.24 Å². The van der Waals surface area contributed by atoms with Crippen molar-refractivity contribution >= 4 is 38.6 Å². The molecular weight excluding hydrogens is 615 g/mol. The zero-order valence-electron chi connectivity index (χ0n) is 28.2. The molecule has 9 rings (SSSR count). The molecule has 0 spiro atoms. The van der Waals surface area contributed by atoms with Crippen molar-refractivity contribution in [2.45, 2.75) is 0 Å². The van der Waals surface area contributed by atoms with Gasteiger partial charge in [-0.2, -0.15) is 0 Å². The highest BCUT2D eigenvalue weighted by Crippen LogP contribution is 2.43. The van der Waals surface area contributed by atoms with Crippen LogP contribution < -0.4 is 4.90 Å². The van der Waals surface area contributed by atoms with Crippen LogP contribution in [0.25, 0.3) is 66.1 Å². The van der Waals surface area contributed by atoms with Crippen molar-refractivity contribution < 1.29 is 0 Å². The van der Waals surface area contributed by atoms with Crippen LogP contribution in [0.2, 0.25) is 0 Å². The molecule has 1 heteroatoms. The molecule has 0 saturated carbocycles. The molecule has 9 aromatic rings. The first-order valence-electron chi connectivity index (χ1n) is 17.5. The van der Waals surface area contributed by atoms with Crippen molar-refractivity contribution in [2.24, 2.45) is 0 Å². The summed E-state index contributed by atoms with van der Waals surface area (Å²) in [6.45, 7) is 0. The number of fused-ring (bicyclic) bond motifs is 3. The van der Waals surface area contributed by atoms with E-state index >= 15 is 0 Å². The van der Waals surface area contributed by atoms with Crippen molar-refractivity contribution in [1.82, 2.24) is 0 Å². The average molecular weight is 650 g/mol. The Morgan fingerprint density at radius 2 is 0.706 bits per heavy atom. The molecule has 0 fully saturated rings. The van der Waals surface area contributed by atoms with Crippen LogP contribution in [0.5, 0.6) is 0 Å². The largest absolute Gasteiger partial charge is 0.310 e. The molecule has 0 atom stereocenters. The summed E-state index contributed by atoms with van der Waals surface area (Å²) in [6.07, 6.45) is 0. The molecule has 0 radical (unpaired) electrons. The van der Waals surface area contributed by atoms with Gasteiger partial charge >= 0.3 is 0 Å². The van der Waals surface area contributed by atoms with Gasteiger partial charge in [0.05, 0.1) is 0 Å². The number of hydrogen-bond donors (Lipinski definition) is 0. The molecule has 1 nitrogen and oxygen atoms in total. The third kappa shape index (κ3) is 5.96. The van der Waals surface area contributed by atoms with E-state index in [1.807, 2.05) is 0 Å². The Kier molecular flexibility index (Phi) is 7.92. The summed E-state index contributed by atoms with van der Waals surface area (Å²) in [5, 5.41) is 4.98. The van der Waals surface area contributed by atoms with Crippen molar-refractivity contribution in [1.29, 1.82) is 0 Å². The lowest BCUT2D eigenvalue weighted by atomic mass is 9.93. The second kappa shape index (κ2) is 13.3. The van der Waals surface area contributed by atoms with Gasteiger partial charge in [-0.3, -0.25) is 0 Å². The van der Waals surface area contributed by atoms with E-state index < -0.39 is 0 Å². The second-order valence-electron chi connectivity index (χ2n) is 13.0. The molecule has 0 aliphatic carbocycles. The predicted octanol–water partition coefficient (Wildman–Crippen LogP) is 14.1. The zero-order chi connectivity index (χ0) is 34.0. The van der Waals surface area contributed by atoms with E-state index in [0.29, 0.717) is 0 Å². The van der Waals surface area contributed by atoms with Gasteiger partial charge < -0.3 is 4.90 Å². The first-order chi connectivity index (χ1) is 25.3. The Morgan fingerprint density at radius 1 is 0.235 bits per heavy atom. The standard InChI is InChI=1S/C50H35N/c1-4-13-36(14-5-1)37-23-25-38(26-24-37)43-20-12-21-44(33-43)51(45-30-29-42-28-27-41-19-10-11-22-47(41)50(42)34-45)46-31-32-48(39-15-6-2-7-16-39)49(35-46)40-17-8-3-9-18-40/h1-35H. The molecule has 51 heavy (non-hydrogen) atoms. The molecule has 0 aliphatic rings. The van der Waals surface area contributed by atoms with Gasteiger partial charge in [0.25, 0.3) is 0 Å². The van der Waals surface area contributed by atoms with Crippen LogP contribution in [0.15, 0.2) is 212 Å². The van der Waals surface area contributed by atoms with Gasteiger partial charge in [-0.25, -0.2) is 0 Å².